The Balaban J connectivity index is 1.28. The molecule has 3 fully saturated rings. The molecule has 36 heavy (non-hydrogen) atoms. The number of esters is 1. The maximum absolute atomic E-state index is 13.1. The molecule has 2 heterocycles. The topological polar surface area (TPSA) is 84.0 Å². The summed E-state index contributed by atoms with van der Waals surface area (Å²) in [5.41, 5.74) is 3.03. The number of nitrogens with zero attached hydrogens (tertiary/aromatic N) is 2. The second-order valence-electron chi connectivity index (χ2n) is 9.84. The van der Waals surface area contributed by atoms with Gasteiger partial charge in [0, 0.05) is 28.3 Å². The van der Waals surface area contributed by atoms with E-state index in [9.17, 15) is 19.2 Å². The van der Waals surface area contributed by atoms with Crippen LogP contribution in [-0.4, -0.2) is 39.9 Å². The minimum atomic E-state index is -0.571. The third-order valence-corrected chi connectivity index (χ3v) is 10.1. The van der Waals surface area contributed by atoms with Crippen molar-refractivity contribution in [3.8, 4) is 5.75 Å². The maximum Gasteiger partial charge on any atom is 0.316 e. The van der Waals surface area contributed by atoms with E-state index in [4.69, 9.17) is 4.74 Å². The Morgan fingerprint density at radius 1 is 0.917 bits per heavy atom. The number of amides is 3. The first-order valence-corrected chi connectivity index (χ1v) is 13.8. The number of carbonyl (C=O) groups excluding carboxylic acids is 4. The maximum atomic E-state index is 13.1. The molecule has 9 heteroatoms. The number of rotatable bonds is 4. The van der Waals surface area contributed by atoms with Gasteiger partial charge in [0.1, 0.15) is 5.75 Å². The van der Waals surface area contributed by atoms with Crippen molar-refractivity contribution in [3.63, 3.8) is 0 Å². The molecule has 3 amide bonds. The summed E-state index contributed by atoms with van der Waals surface area (Å²) in [4.78, 5) is 54.8. The van der Waals surface area contributed by atoms with Crippen molar-refractivity contribution in [2.45, 2.75) is 42.8 Å². The van der Waals surface area contributed by atoms with Gasteiger partial charge in [0.2, 0.25) is 17.7 Å². The fourth-order valence-electron chi connectivity index (χ4n) is 5.31. The second-order valence-corrected chi connectivity index (χ2v) is 12.2. The molecule has 188 valence electrons. The van der Waals surface area contributed by atoms with Crippen LogP contribution in [0, 0.1) is 31.6 Å². The molecule has 1 saturated carbocycles. The molecule has 2 aromatic carbocycles. The summed E-state index contributed by atoms with van der Waals surface area (Å²) in [5, 5.41) is 0. The standard InChI is InChI=1S/C27H26Br2N2O5/c1-14-3-5-17(6-4-14)30-13-16(10-24(30)32)27(35)36-18-7-8-23(15(2)9-18)31-25(33)19-11-21(28)22(29)12-20(19)26(31)34/h3-9,16,19-22H,10-13H2,1-2H3/t16-,19-,20-,21-,22+/m1/s1. The summed E-state index contributed by atoms with van der Waals surface area (Å²) in [6, 6.07) is 12.5. The quantitative estimate of drug-likeness (QED) is 0.215. The first-order valence-electron chi connectivity index (χ1n) is 12.0. The van der Waals surface area contributed by atoms with E-state index in [1.807, 2.05) is 31.2 Å². The monoisotopic (exact) mass is 616 g/mol. The van der Waals surface area contributed by atoms with Gasteiger partial charge in [-0.15, -0.1) is 0 Å². The van der Waals surface area contributed by atoms with E-state index in [1.54, 1.807) is 30.0 Å². The number of aryl methyl sites for hydroxylation is 2. The zero-order valence-corrected chi connectivity index (χ0v) is 23.1. The highest BCUT2D eigenvalue weighted by atomic mass is 79.9. The van der Waals surface area contributed by atoms with Gasteiger partial charge < -0.3 is 9.64 Å². The summed E-state index contributed by atoms with van der Waals surface area (Å²) in [6.45, 7) is 4.03. The molecule has 0 N–H and O–H groups in total. The van der Waals surface area contributed by atoms with Gasteiger partial charge in [-0.05, 0) is 62.6 Å². The van der Waals surface area contributed by atoms with Crippen molar-refractivity contribution in [3.05, 3.63) is 53.6 Å². The molecule has 0 unspecified atom stereocenters. The lowest BCUT2D eigenvalue weighted by Gasteiger charge is -2.29. The first-order chi connectivity index (χ1) is 17.1. The molecular weight excluding hydrogens is 592 g/mol. The lowest BCUT2D eigenvalue weighted by Crippen LogP contribution is -2.34. The number of halogens is 2. The van der Waals surface area contributed by atoms with Crippen LogP contribution in [0.25, 0.3) is 0 Å². The van der Waals surface area contributed by atoms with Crippen molar-refractivity contribution in [1.82, 2.24) is 0 Å². The summed E-state index contributed by atoms with van der Waals surface area (Å²) in [5.74, 6) is -1.86. The van der Waals surface area contributed by atoms with Crippen LogP contribution >= 0.6 is 31.9 Å². The Morgan fingerprint density at radius 2 is 1.53 bits per heavy atom. The number of imide groups is 1. The summed E-state index contributed by atoms with van der Waals surface area (Å²) < 4.78 is 5.61. The van der Waals surface area contributed by atoms with Crippen LogP contribution in [-0.2, 0) is 19.2 Å². The fraction of sp³-hybridized carbons (Fsp3) is 0.407. The number of anilines is 2. The second kappa shape index (κ2) is 9.74. The zero-order chi connectivity index (χ0) is 25.7. The van der Waals surface area contributed by atoms with E-state index in [0.29, 0.717) is 29.8 Å². The van der Waals surface area contributed by atoms with Crippen LogP contribution in [0.15, 0.2) is 42.5 Å². The summed E-state index contributed by atoms with van der Waals surface area (Å²) >= 11 is 7.22. The summed E-state index contributed by atoms with van der Waals surface area (Å²) in [7, 11) is 0. The molecule has 0 radical (unpaired) electrons. The minimum absolute atomic E-state index is 0.0897. The van der Waals surface area contributed by atoms with Gasteiger partial charge in [-0.3, -0.25) is 19.2 Å². The molecule has 2 saturated heterocycles. The van der Waals surface area contributed by atoms with Crippen molar-refractivity contribution in [1.29, 1.82) is 0 Å². The number of fused-ring (bicyclic) bond motifs is 1. The molecule has 1 aliphatic carbocycles. The number of hydrogen-bond donors (Lipinski definition) is 0. The highest BCUT2D eigenvalue weighted by Gasteiger charge is 2.52. The van der Waals surface area contributed by atoms with E-state index < -0.39 is 11.9 Å². The van der Waals surface area contributed by atoms with Crippen LogP contribution in [0.5, 0.6) is 5.75 Å². The Bertz CT molecular complexity index is 1220. The Kier molecular flexibility index (Phi) is 6.80. The highest BCUT2D eigenvalue weighted by molar-refractivity contribution is 9.12. The van der Waals surface area contributed by atoms with Gasteiger partial charge in [-0.1, -0.05) is 49.6 Å². The summed E-state index contributed by atoms with van der Waals surface area (Å²) in [6.07, 6.45) is 1.30. The predicted molar refractivity (Wildman–Crippen MR) is 143 cm³/mol. The number of benzene rings is 2. The molecule has 7 nitrogen and oxygen atoms in total. The molecular formula is C27H26Br2N2O5. The number of hydrogen-bond acceptors (Lipinski definition) is 5. The van der Waals surface area contributed by atoms with Crippen LogP contribution in [0.1, 0.15) is 30.4 Å². The molecule has 0 spiro atoms. The molecule has 3 aliphatic rings. The molecule has 2 aromatic rings. The Hall–Kier alpha value is -2.52. The van der Waals surface area contributed by atoms with Crippen LogP contribution in [0.4, 0.5) is 11.4 Å². The van der Waals surface area contributed by atoms with Crippen LogP contribution in [0.2, 0.25) is 0 Å². The van der Waals surface area contributed by atoms with E-state index in [-0.39, 0.29) is 52.2 Å². The van der Waals surface area contributed by atoms with Crippen LogP contribution in [0.3, 0.4) is 0 Å². The molecule has 0 aromatic heterocycles. The van der Waals surface area contributed by atoms with Crippen molar-refractivity contribution in [2.24, 2.45) is 17.8 Å². The van der Waals surface area contributed by atoms with Crippen molar-refractivity contribution in [2.75, 3.05) is 16.3 Å². The Labute approximate surface area is 226 Å². The smallest absolute Gasteiger partial charge is 0.316 e. The van der Waals surface area contributed by atoms with E-state index in [1.165, 1.54) is 4.90 Å². The fourth-order valence-corrected chi connectivity index (χ4v) is 6.55. The third-order valence-electron chi connectivity index (χ3n) is 7.34. The van der Waals surface area contributed by atoms with Crippen LogP contribution < -0.4 is 14.5 Å². The van der Waals surface area contributed by atoms with Gasteiger partial charge in [-0.25, -0.2) is 4.90 Å². The van der Waals surface area contributed by atoms with Crippen molar-refractivity contribution < 1.29 is 23.9 Å². The van der Waals surface area contributed by atoms with Gasteiger partial charge in [0.15, 0.2) is 0 Å². The molecule has 0 bridgehead atoms. The SMILES string of the molecule is Cc1ccc(N2C[C@H](C(=O)Oc3ccc(N4C(=O)[C@@H]5C[C@@H](Br)[C@@H](Br)C[C@H]5C4=O)c(C)c3)CC2=O)cc1. The molecule has 2 aliphatic heterocycles. The minimum Gasteiger partial charge on any atom is -0.426 e. The number of alkyl halides is 2. The van der Waals surface area contributed by atoms with E-state index in [2.05, 4.69) is 31.9 Å². The van der Waals surface area contributed by atoms with Gasteiger partial charge in [-0.2, -0.15) is 0 Å². The normalized spacial score (nSPS) is 28.0. The van der Waals surface area contributed by atoms with Gasteiger partial charge in [0.25, 0.3) is 0 Å². The number of carbonyl (C=O) groups is 4. The molecule has 5 rings (SSSR count). The van der Waals surface area contributed by atoms with Gasteiger partial charge in [0.05, 0.1) is 23.4 Å². The first kappa shape index (κ1) is 25.1. The van der Waals surface area contributed by atoms with Gasteiger partial charge >= 0.3 is 5.97 Å². The third kappa shape index (κ3) is 4.52. The molecule has 5 atom stereocenters. The predicted octanol–water partition coefficient (Wildman–Crippen LogP) is 4.69. The number of ether oxygens (including phenoxy) is 1. The average molecular weight is 618 g/mol. The Morgan fingerprint density at radius 3 is 2.11 bits per heavy atom. The lowest BCUT2D eigenvalue weighted by molar-refractivity contribution is -0.139. The highest BCUT2D eigenvalue weighted by Crippen LogP contribution is 2.45. The van der Waals surface area contributed by atoms with E-state index in [0.717, 1.165) is 11.3 Å². The van der Waals surface area contributed by atoms with E-state index >= 15 is 0 Å². The van der Waals surface area contributed by atoms with Crippen molar-refractivity contribution >= 4 is 66.9 Å². The lowest BCUT2D eigenvalue weighted by atomic mass is 9.81. The zero-order valence-electron chi connectivity index (χ0n) is 19.9. The largest absolute Gasteiger partial charge is 0.426 e. The average Bonchev–Trinajstić information content (AvgIpc) is 3.33.